The minimum absolute atomic E-state index is 0.0466. The number of hydrogen-bond acceptors (Lipinski definition) is 4. The first-order valence-electron chi connectivity index (χ1n) is 16.4. The van der Waals surface area contributed by atoms with E-state index in [2.05, 4.69) is 134 Å². The quantitative estimate of drug-likeness (QED) is 0.235. The van der Waals surface area contributed by atoms with Crippen LogP contribution in [-0.2, 0) is 16.6 Å². The lowest BCUT2D eigenvalue weighted by molar-refractivity contribution is 0.0733. The van der Waals surface area contributed by atoms with Crippen molar-refractivity contribution in [2.24, 2.45) is 11.8 Å². The first kappa shape index (κ1) is 26.8. The van der Waals surface area contributed by atoms with Crippen molar-refractivity contribution in [3.05, 3.63) is 143 Å². The summed E-state index contributed by atoms with van der Waals surface area (Å²) in [5.74, 6) is 1.36. The smallest absolute Gasteiger partial charge is 0.231 e. The van der Waals surface area contributed by atoms with Crippen molar-refractivity contribution in [3.63, 3.8) is 0 Å². The van der Waals surface area contributed by atoms with Gasteiger partial charge in [0.05, 0.1) is 35.7 Å². The highest BCUT2D eigenvalue weighted by atomic mass is 16.5. The fraction of sp³-hybridized carbons (Fsp3) is 0.268. The topological polar surface area (TPSA) is 38.2 Å². The Morgan fingerprint density at radius 1 is 0.867 bits per heavy atom. The van der Waals surface area contributed by atoms with Crippen LogP contribution < -0.4 is 4.90 Å². The molecule has 0 bridgehead atoms. The van der Waals surface area contributed by atoms with Crippen molar-refractivity contribution in [1.29, 1.82) is 0 Å². The molecule has 1 aromatic heterocycles. The number of rotatable bonds is 2. The molecule has 5 aliphatic rings. The van der Waals surface area contributed by atoms with E-state index >= 15 is 0 Å². The molecule has 0 spiro atoms. The van der Waals surface area contributed by atoms with Gasteiger partial charge < -0.3 is 9.64 Å². The molecule has 4 heteroatoms. The van der Waals surface area contributed by atoms with E-state index in [4.69, 9.17) is 14.7 Å². The van der Waals surface area contributed by atoms with Crippen LogP contribution in [0.15, 0.2) is 121 Å². The number of fused-ring (bicyclic) bond motifs is 8. The second-order valence-corrected chi connectivity index (χ2v) is 13.6. The Bertz CT molecular complexity index is 2000. The van der Waals surface area contributed by atoms with Crippen LogP contribution in [0.25, 0.3) is 28.2 Å². The molecule has 0 radical (unpaired) electrons. The van der Waals surface area contributed by atoms with Crippen molar-refractivity contribution >= 4 is 22.9 Å². The van der Waals surface area contributed by atoms with E-state index < -0.39 is 0 Å². The number of allylic oxidation sites excluding steroid dienone is 5. The van der Waals surface area contributed by atoms with Gasteiger partial charge in [-0.3, -0.25) is 0 Å². The number of aryl methyl sites for hydroxylation is 1. The first-order valence-corrected chi connectivity index (χ1v) is 16.4. The molecule has 3 aliphatic carbocycles. The van der Waals surface area contributed by atoms with Gasteiger partial charge in [0.2, 0.25) is 5.95 Å². The Morgan fingerprint density at radius 2 is 1.71 bits per heavy atom. The normalized spacial score (nSPS) is 26.4. The fourth-order valence-electron chi connectivity index (χ4n) is 8.60. The summed E-state index contributed by atoms with van der Waals surface area (Å²) in [5.41, 5.74) is 11.0. The van der Waals surface area contributed by atoms with Crippen LogP contribution in [0.5, 0.6) is 0 Å². The third-order valence-electron chi connectivity index (χ3n) is 10.7. The number of benzene rings is 3. The van der Waals surface area contributed by atoms with Crippen LogP contribution in [0.2, 0.25) is 0 Å². The van der Waals surface area contributed by atoms with E-state index in [0.29, 0.717) is 12.5 Å². The third kappa shape index (κ3) is 4.08. The van der Waals surface area contributed by atoms with Gasteiger partial charge in [-0.05, 0) is 58.6 Å². The Labute approximate surface area is 265 Å². The molecule has 2 aliphatic heterocycles. The average molecular weight is 588 g/mol. The molecule has 3 aromatic carbocycles. The van der Waals surface area contributed by atoms with Gasteiger partial charge in [-0.1, -0.05) is 123 Å². The van der Waals surface area contributed by atoms with Crippen LogP contribution in [0.4, 0.5) is 5.95 Å². The minimum atomic E-state index is -0.0649. The number of nitrogens with zero attached hydrogens (tertiary/aromatic N) is 3. The summed E-state index contributed by atoms with van der Waals surface area (Å²) < 4.78 is 6.80. The minimum Gasteiger partial charge on any atom is -0.367 e. The van der Waals surface area contributed by atoms with E-state index in [-0.39, 0.29) is 23.5 Å². The second-order valence-electron chi connectivity index (χ2n) is 13.6. The molecule has 4 nitrogen and oxygen atoms in total. The molecule has 0 saturated carbocycles. The number of hydrogen-bond donors (Lipinski definition) is 0. The van der Waals surface area contributed by atoms with Crippen LogP contribution in [0.3, 0.4) is 0 Å². The standard InChI is InChI=1S/C41H37N3O/c1-41(2)33-21-10-9-19-30(33)39-36(41)31-20-12-17-27-14-7-11-22-35(27)45-25-34(31)44(39)40-42-37(28-15-4-3-5-16-28)32-24-23-26-13-6-8-18-29(26)38(32)43-40/h3-7,9-16,19-24,27,35-36,39H,8,17-18,25H2,1-2H3/b20-12-. The lowest BCUT2D eigenvalue weighted by Gasteiger charge is -2.32. The summed E-state index contributed by atoms with van der Waals surface area (Å²) in [6, 6.07) is 24.2. The van der Waals surface area contributed by atoms with Crippen molar-refractivity contribution < 1.29 is 4.74 Å². The molecular weight excluding hydrogens is 550 g/mol. The summed E-state index contributed by atoms with van der Waals surface area (Å²) >= 11 is 0. The Kier molecular flexibility index (Phi) is 6.11. The predicted molar refractivity (Wildman–Crippen MR) is 183 cm³/mol. The van der Waals surface area contributed by atoms with Crippen LogP contribution in [0.1, 0.15) is 55.0 Å². The molecule has 45 heavy (non-hydrogen) atoms. The van der Waals surface area contributed by atoms with Gasteiger partial charge >= 0.3 is 0 Å². The van der Waals surface area contributed by atoms with Crippen molar-refractivity contribution in [2.45, 2.75) is 50.7 Å². The zero-order valence-electron chi connectivity index (χ0n) is 25.9. The monoisotopic (exact) mass is 587 g/mol. The van der Waals surface area contributed by atoms with E-state index in [9.17, 15) is 0 Å². The number of ether oxygens (including phenoxy) is 1. The highest BCUT2D eigenvalue weighted by molar-refractivity contribution is 5.97. The molecule has 0 fully saturated rings. The molecule has 0 amide bonds. The maximum Gasteiger partial charge on any atom is 0.231 e. The summed E-state index contributed by atoms with van der Waals surface area (Å²) in [7, 11) is 0. The summed E-state index contributed by atoms with van der Waals surface area (Å²) in [6.07, 6.45) is 21.1. The van der Waals surface area contributed by atoms with E-state index in [1.807, 2.05) is 0 Å². The van der Waals surface area contributed by atoms with Gasteiger partial charge in [0.1, 0.15) is 0 Å². The van der Waals surface area contributed by atoms with E-state index in [1.165, 1.54) is 33.5 Å². The molecule has 3 heterocycles. The zero-order valence-corrected chi connectivity index (χ0v) is 25.9. The predicted octanol–water partition coefficient (Wildman–Crippen LogP) is 9.07. The summed E-state index contributed by atoms with van der Waals surface area (Å²) in [6.45, 7) is 5.34. The second kappa shape index (κ2) is 10.3. The largest absolute Gasteiger partial charge is 0.367 e. The first-order chi connectivity index (χ1) is 22.1. The molecule has 4 unspecified atom stereocenters. The van der Waals surface area contributed by atoms with Gasteiger partial charge in [0.15, 0.2) is 0 Å². The molecular formula is C41H37N3O. The van der Waals surface area contributed by atoms with Crippen LogP contribution >= 0.6 is 0 Å². The third-order valence-corrected chi connectivity index (χ3v) is 10.7. The van der Waals surface area contributed by atoms with Gasteiger partial charge in [-0.25, -0.2) is 9.97 Å². The Hall–Kier alpha value is -4.54. The van der Waals surface area contributed by atoms with Crippen LogP contribution in [-0.4, -0.2) is 22.7 Å². The molecule has 4 atom stereocenters. The molecule has 0 saturated heterocycles. The number of anilines is 1. The highest BCUT2D eigenvalue weighted by Crippen LogP contribution is 2.60. The van der Waals surface area contributed by atoms with Crippen LogP contribution in [0, 0.1) is 11.8 Å². The molecule has 4 aromatic rings. The van der Waals surface area contributed by atoms with Crippen molar-refractivity contribution in [3.8, 4) is 11.3 Å². The lowest BCUT2D eigenvalue weighted by atomic mass is 9.74. The lowest BCUT2D eigenvalue weighted by Crippen LogP contribution is -2.32. The molecule has 0 N–H and O–H groups in total. The zero-order chi connectivity index (χ0) is 30.1. The Balaban J connectivity index is 1.30. The fourth-order valence-corrected chi connectivity index (χ4v) is 8.60. The maximum absolute atomic E-state index is 6.80. The van der Waals surface area contributed by atoms with E-state index in [1.54, 1.807) is 0 Å². The average Bonchev–Trinajstić information content (AvgIpc) is 3.55. The molecule has 222 valence electrons. The van der Waals surface area contributed by atoms with Crippen molar-refractivity contribution in [1.82, 2.24) is 9.97 Å². The summed E-state index contributed by atoms with van der Waals surface area (Å²) in [4.78, 5) is 13.5. The maximum atomic E-state index is 6.80. The summed E-state index contributed by atoms with van der Waals surface area (Å²) in [5, 5.41) is 1.11. The molecule has 9 rings (SSSR count). The SMILES string of the molecule is CC1(C)c2ccccc2C2C1C1=C(COC3C=CC=CC3C/C=C\1)N2c1nc(-c2ccccc2)c2ccc3c(c2n1)CCC=C3. The van der Waals surface area contributed by atoms with Gasteiger partial charge in [-0.2, -0.15) is 0 Å². The highest BCUT2D eigenvalue weighted by Gasteiger charge is 2.55. The van der Waals surface area contributed by atoms with Crippen molar-refractivity contribution in [2.75, 3.05) is 11.5 Å². The number of aromatic nitrogens is 2. The van der Waals surface area contributed by atoms with Gasteiger partial charge in [-0.15, -0.1) is 0 Å². The Morgan fingerprint density at radius 3 is 2.62 bits per heavy atom. The van der Waals surface area contributed by atoms with E-state index in [0.717, 1.165) is 47.4 Å². The van der Waals surface area contributed by atoms with Gasteiger partial charge in [0.25, 0.3) is 0 Å². The van der Waals surface area contributed by atoms with Gasteiger partial charge in [0, 0.05) is 22.8 Å².